The molecule has 2 rings (SSSR count). The van der Waals surface area contributed by atoms with E-state index < -0.39 is 6.04 Å². The van der Waals surface area contributed by atoms with E-state index in [9.17, 15) is 9.59 Å². The summed E-state index contributed by atoms with van der Waals surface area (Å²) >= 11 is 0. The zero-order valence-electron chi connectivity index (χ0n) is 11.9. The van der Waals surface area contributed by atoms with Crippen molar-refractivity contribution in [3.8, 4) is 0 Å². The monoisotopic (exact) mass is 279 g/mol. The average Bonchev–Trinajstić information content (AvgIpc) is 2.85. The Morgan fingerprint density at radius 1 is 1.35 bits per heavy atom. The van der Waals surface area contributed by atoms with E-state index in [1.54, 1.807) is 19.9 Å². The first-order chi connectivity index (χ1) is 9.56. The Labute approximate surface area is 118 Å². The van der Waals surface area contributed by atoms with Crippen LogP contribution in [0.4, 0.5) is 5.82 Å². The molecular weight excluding hydrogens is 258 g/mol. The summed E-state index contributed by atoms with van der Waals surface area (Å²) in [4.78, 5) is 24.0. The van der Waals surface area contributed by atoms with Crippen LogP contribution in [0.3, 0.4) is 0 Å². The van der Waals surface area contributed by atoms with E-state index in [1.165, 1.54) is 6.42 Å². The Morgan fingerprint density at radius 2 is 2.05 bits per heavy atom. The molecule has 0 radical (unpaired) electrons. The SMILES string of the molecule is Cc1cc(NC(=O)[C@H](C)NC(=O)C2CCCCC2)no1. The van der Waals surface area contributed by atoms with Gasteiger partial charge >= 0.3 is 0 Å². The fourth-order valence-corrected chi connectivity index (χ4v) is 2.42. The van der Waals surface area contributed by atoms with Crippen molar-refractivity contribution in [2.75, 3.05) is 5.32 Å². The molecule has 1 heterocycles. The maximum absolute atomic E-state index is 12.0. The lowest BCUT2D eigenvalue weighted by Gasteiger charge is -2.22. The summed E-state index contributed by atoms with van der Waals surface area (Å²) in [5.41, 5.74) is 0. The molecule has 2 N–H and O–H groups in total. The molecule has 110 valence electrons. The molecule has 1 aromatic heterocycles. The lowest BCUT2D eigenvalue weighted by atomic mass is 9.88. The number of aromatic nitrogens is 1. The summed E-state index contributed by atoms with van der Waals surface area (Å²) in [5.74, 6) is 0.727. The van der Waals surface area contributed by atoms with E-state index in [-0.39, 0.29) is 17.7 Å². The minimum atomic E-state index is -0.582. The van der Waals surface area contributed by atoms with Gasteiger partial charge in [-0.3, -0.25) is 9.59 Å². The minimum Gasteiger partial charge on any atom is -0.360 e. The Balaban J connectivity index is 1.82. The van der Waals surface area contributed by atoms with Crippen molar-refractivity contribution < 1.29 is 14.1 Å². The van der Waals surface area contributed by atoms with Gasteiger partial charge in [-0.15, -0.1) is 0 Å². The van der Waals surface area contributed by atoms with Gasteiger partial charge in [0.05, 0.1) is 0 Å². The number of hydrogen-bond donors (Lipinski definition) is 2. The summed E-state index contributed by atoms with van der Waals surface area (Å²) in [6.45, 7) is 3.42. The molecule has 0 spiro atoms. The molecule has 6 nitrogen and oxygen atoms in total. The first-order valence-corrected chi connectivity index (χ1v) is 7.11. The van der Waals surface area contributed by atoms with Gasteiger partial charge in [0.1, 0.15) is 11.8 Å². The molecule has 1 aliphatic carbocycles. The van der Waals surface area contributed by atoms with Crippen LogP contribution in [0.25, 0.3) is 0 Å². The molecule has 2 amide bonds. The summed E-state index contributed by atoms with van der Waals surface area (Å²) in [6.07, 6.45) is 5.23. The van der Waals surface area contributed by atoms with Crippen molar-refractivity contribution >= 4 is 17.6 Å². The third kappa shape index (κ3) is 3.82. The first kappa shape index (κ1) is 14.6. The van der Waals surface area contributed by atoms with Crippen molar-refractivity contribution in [3.63, 3.8) is 0 Å². The second kappa shape index (κ2) is 6.54. The van der Waals surface area contributed by atoms with E-state index >= 15 is 0 Å². The van der Waals surface area contributed by atoms with E-state index in [4.69, 9.17) is 4.52 Å². The van der Waals surface area contributed by atoms with Crippen LogP contribution in [0.2, 0.25) is 0 Å². The zero-order chi connectivity index (χ0) is 14.5. The zero-order valence-corrected chi connectivity index (χ0v) is 11.9. The molecule has 20 heavy (non-hydrogen) atoms. The van der Waals surface area contributed by atoms with E-state index in [0.29, 0.717) is 11.6 Å². The number of aryl methyl sites for hydroxylation is 1. The van der Waals surface area contributed by atoms with Gasteiger partial charge in [-0.2, -0.15) is 0 Å². The second-order valence-corrected chi connectivity index (χ2v) is 5.38. The average molecular weight is 279 g/mol. The highest BCUT2D eigenvalue weighted by Gasteiger charge is 2.24. The number of carbonyl (C=O) groups excluding carboxylic acids is 2. The lowest BCUT2D eigenvalue weighted by molar-refractivity contribution is -0.129. The van der Waals surface area contributed by atoms with Crippen LogP contribution in [-0.2, 0) is 9.59 Å². The Morgan fingerprint density at radius 3 is 2.65 bits per heavy atom. The molecule has 6 heteroatoms. The maximum Gasteiger partial charge on any atom is 0.247 e. The van der Waals surface area contributed by atoms with Crippen molar-refractivity contribution in [3.05, 3.63) is 11.8 Å². The minimum absolute atomic E-state index is 0.0244. The Bertz CT molecular complexity index is 478. The van der Waals surface area contributed by atoms with Crippen molar-refractivity contribution in [1.82, 2.24) is 10.5 Å². The highest BCUT2D eigenvalue weighted by atomic mass is 16.5. The van der Waals surface area contributed by atoms with Gasteiger partial charge < -0.3 is 15.2 Å². The number of anilines is 1. The predicted octanol–water partition coefficient (Wildman–Crippen LogP) is 2.01. The lowest BCUT2D eigenvalue weighted by Crippen LogP contribution is -2.44. The van der Waals surface area contributed by atoms with Crippen LogP contribution in [0, 0.1) is 12.8 Å². The van der Waals surface area contributed by atoms with Crippen LogP contribution in [0.1, 0.15) is 44.8 Å². The highest BCUT2D eigenvalue weighted by Crippen LogP contribution is 2.23. The summed E-state index contributed by atoms with van der Waals surface area (Å²) < 4.78 is 4.87. The fourth-order valence-electron chi connectivity index (χ4n) is 2.42. The van der Waals surface area contributed by atoms with Gasteiger partial charge in [0.25, 0.3) is 0 Å². The fraction of sp³-hybridized carbons (Fsp3) is 0.643. The van der Waals surface area contributed by atoms with Crippen molar-refractivity contribution in [2.45, 2.75) is 52.0 Å². The van der Waals surface area contributed by atoms with Gasteiger partial charge in [0.2, 0.25) is 11.8 Å². The second-order valence-electron chi connectivity index (χ2n) is 5.38. The van der Waals surface area contributed by atoms with E-state index in [2.05, 4.69) is 15.8 Å². The van der Waals surface area contributed by atoms with Crippen LogP contribution < -0.4 is 10.6 Å². The molecule has 1 atom stereocenters. The van der Waals surface area contributed by atoms with Crippen LogP contribution in [0.5, 0.6) is 0 Å². The molecule has 0 saturated heterocycles. The van der Waals surface area contributed by atoms with Gasteiger partial charge in [0, 0.05) is 12.0 Å². The van der Waals surface area contributed by atoms with Gasteiger partial charge in [-0.05, 0) is 26.7 Å². The Kier molecular flexibility index (Phi) is 4.76. The van der Waals surface area contributed by atoms with E-state index in [0.717, 1.165) is 25.7 Å². The first-order valence-electron chi connectivity index (χ1n) is 7.11. The number of hydrogen-bond acceptors (Lipinski definition) is 4. The molecule has 0 bridgehead atoms. The van der Waals surface area contributed by atoms with Gasteiger partial charge in [-0.1, -0.05) is 24.4 Å². The number of nitrogens with one attached hydrogen (secondary N) is 2. The van der Waals surface area contributed by atoms with Gasteiger partial charge in [0.15, 0.2) is 5.82 Å². The molecular formula is C14H21N3O3. The smallest absolute Gasteiger partial charge is 0.247 e. The van der Waals surface area contributed by atoms with Crippen molar-refractivity contribution in [1.29, 1.82) is 0 Å². The van der Waals surface area contributed by atoms with Crippen LogP contribution in [0.15, 0.2) is 10.6 Å². The molecule has 1 fully saturated rings. The van der Waals surface area contributed by atoms with Crippen LogP contribution >= 0.6 is 0 Å². The molecule has 0 aliphatic heterocycles. The number of rotatable bonds is 4. The molecule has 1 aliphatic rings. The highest BCUT2D eigenvalue weighted by molar-refractivity contribution is 5.96. The van der Waals surface area contributed by atoms with Crippen molar-refractivity contribution in [2.24, 2.45) is 5.92 Å². The number of nitrogens with zero attached hydrogens (tertiary/aromatic N) is 1. The quantitative estimate of drug-likeness (QED) is 0.883. The van der Waals surface area contributed by atoms with Crippen LogP contribution in [-0.4, -0.2) is 23.0 Å². The number of carbonyl (C=O) groups is 2. The summed E-state index contributed by atoms with van der Waals surface area (Å²) in [6, 6.07) is 1.05. The normalized spacial score (nSPS) is 17.5. The third-order valence-electron chi connectivity index (χ3n) is 3.61. The topological polar surface area (TPSA) is 84.2 Å². The largest absolute Gasteiger partial charge is 0.360 e. The third-order valence-corrected chi connectivity index (χ3v) is 3.61. The summed E-state index contributed by atoms with van der Waals surface area (Å²) in [7, 11) is 0. The summed E-state index contributed by atoms with van der Waals surface area (Å²) in [5, 5.41) is 9.07. The van der Waals surface area contributed by atoms with Gasteiger partial charge in [-0.25, -0.2) is 0 Å². The van der Waals surface area contributed by atoms with E-state index in [1.807, 2.05) is 0 Å². The molecule has 1 aromatic rings. The molecule has 0 unspecified atom stereocenters. The Hall–Kier alpha value is -1.85. The maximum atomic E-state index is 12.0. The molecule has 0 aromatic carbocycles. The number of amides is 2. The standard InChI is InChI=1S/C14H21N3O3/c1-9-8-12(17-20-9)16-13(18)10(2)15-14(19)11-6-4-3-5-7-11/h8,10-11H,3-7H2,1-2H3,(H,15,19)(H,16,17,18)/t10-/m0/s1. The molecule has 1 saturated carbocycles. The predicted molar refractivity (Wildman–Crippen MR) is 74.0 cm³/mol.